The predicted octanol–water partition coefficient (Wildman–Crippen LogP) is 0.640. The summed E-state index contributed by atoms with van der Waals surface area (Å²) in [6.07, 6.45) is 0.299. The summed E-state index contributed by atoms with van der Waals surface area (Å²) in [4.78, 5) is 14.3. The Morgan fingerprint density at radius 2 is 2.22 bits per heavy atom. The summed E-state index contributed by atoms with van der Waals surface area (Å²) in [5, 5.41) is 0. The van der Waals surface area contributed by atoms with Gasteiger partial charge in [0.2, 0.25) is 0 Å². The van der Waals surface area contributed by atoms with E-state index in [0.717, 1.165) is 5.71 Å². The molecular weight excluding hydrogens is 118 g/mol. The van der Waals surface area contributed by atoms with Gasteiger partial charge >= 0.3 is 5.97 Å². The number of rotatable bonds is 2. The summed E-state index contributed by atoms with van der Waals surface area (Å²) in [6, 6.07) is 0. The fraction of sp³-hybridized carbons (Fsp3) is 0.667. The lowest BCUT2D eigenvalue weighted by molar-refractivity contribution is -0.139. The van der Waals surface area contributed by atoms with Gasteiger partial charge in [-0.2, -0.15) is 0 Å². The molecule has 0 N–H and O–H groups in total. The van der Waals surface area contributed by atoms with Crippen LogP contribution in [-0.4, -0.2) is 25.8 Å². The minimum atomic E-state index is -0.238. The molecule has 0 atom stereocenters. The van der Waals surface area contributed by atoms with Crippen LogP contribution in [0.1, 0.15) is 13.3 Å². The van der Waals surface area contributed by atoms with Crippen LogP contribution in [-0.2, 0) is 9.53 Å². The van der Waals surface area contributed by atoms with Crippen molar-refractivity contribution in [2.24, 2.45) is 4.99 Å². The van der Waals surface area contributed by atoms with Crippen LogP contribution in [0.25, 0.3) is 0 Å². The van der Waals surface area contributed by atoms with Crippen LogP contribution in [0.5, 0.6) is 0 Å². The molecule has 0 aromatic heterocycles. The first-order valence-corrected chi connectivity index (χ1v) is 2.69. The zero-order chi connectivity index (χ0) is 7.28. The Hall–Kier alpha value is -0.860. The largest absolute Gasteiger partial charge is 0.469 e. The highest BCUT2D eigenvalue weighted by molar-refractivity contribution is 5.97. The van der Waals surface area contributed by atoms with Crippen LogP contribution < -0.4 is 0 Å². The zero-order valence-electron chi connectivity index (χ0n) is 5.97. The fourth-order valence-electron chi connectivity index (χ4n) is 0.360. The molecule has 0 saturated heterocycles. The molecule has 52 valence electrons. The van der Waals surface area contributed by atoms with Crippen molar-refractivity contribution >= 4 is 11.7 Å². The maximum Gasteiger partial charge on any atom is 0.311 e. The minimum Gasteiger partial charge on any atom is -0.469 e. The van der Waals surface area contributed by atoms with Crippen molar-refractivity contribution in [1.82, 2.24) is 0 Å². The van der Waals surface area contributed by atoms with Gasteiger partial charge in [-0.3, -0.25) is 9.79 Å². The van der Waals surface area contributed by atoms with E-state index >= 15 is 0 Å². The number of nitrogens with zero attached hydrogens (tertiary/aromatic N) is 1. The van der Waals surface area contributed by atoms with Gasteiger partial charge in [-0.1, -0.05) is 0 Å². The molecule has 0 aliphatic heterocycles. The zero-order valence-corrected chi connectivity index (χ0v) is 5.97. The molecule has 0 spiro atoms. The highest BCUT2D eigenvalue weighted by atomic mass is 16.5. The van der Waals surface area contributed by atoms with E-state index in [4.69, 9.17) is 0 Å². The fourth-order valence-corrected chi connectivity index (χ4v) is 0.360. The number of aliphatic imine (C=N–C) groups is 1. The standard InChI is InChI=1S/C6H11NO2/c1-5(7-2)4-6(8)9-3/h4H2,1-3H3/b7-5+. The van der Waals surface area contributed by atoms with Gasteiger partial charge in [0, 0.05) is 12.8 Å². The van der Waals surface area contributed by atoms with Gasteiger partial charge in [-0.15, -0.1) is 0 Å². The van der Waals surface area contributed by atoms with Crippen LogP contribution in [0.4, 0.5) is 0 Å². The molecule has 0 aliphatic rings. The molecule has 0 amide bonds. The van der Waals surface area contributed by atoms with Crippen molar-refractivity contribution in [2.75, 3.05) is 14.2 Å². The quantitative estimate of drug-likeness (QED) is 0.405. The second-order valence-corrected chi connectivity index (χ2v) is 1.71. The first kappa shape index (κ1) is 8.14. The van der Waals surface area contributed by atoms with Crippen molar-refractivity contribution in [1.29, 1.82) is 0 Å². The van der Waals surface area contributed by atoms with Gasteiger partial charge < -0.3 is 4.74 Å². The topological polar surface area (TPSA) is 38.7 Å². The van der Waals surface area contributed by atoms with Crippen LogP contribution in [0.2, 0.25) is 0 Å². The summed E-state index contributed by atoms with van der Waals surface area (Å²) in [5.74, 6) is -0.238. The maximum absolute atomic E-state index is 10.5. The minimum absolute atomic E-state index is 0.238. The van der Waals surface area contributed by atoms with Crippen molar-refractivity contribution in [3.8, 4) is 0 Å². The molecule has 3 nitrogen and oxygen atoms in total. The smallest absolute Gasteiger partial charge is 0.311 e. The van der Waals surface area contributed by atoms with Crippen molar-refractivity contribution in [3.05, 3.63) is 0 Å². The normalized spacial score (nSPS) is 11.2. The molecule has 0 unspecified atom stereocenters. The third-order valence-electron chi connectivity index (χ3n) is 1.01. The van der Waals surface area contributed by atoms with E-state index in [1.54, 1.807) is 14.0 Å². The summed E-state index contributed by atoms with van der Waals surface area (Å²) in [7, 11) is 3.02. The van der Waals surface area contributed by atoms with Gasteiger partial charge in [-0.25, -0.2) is 0 Å². The molecule has 0 bridgehead atoms. The average molecular weight is 129 g/mol. The van der Waals surface area contributed by atoms with Gasteiger partial charge in [0.1, 0.15) is 0 Å². The van der Waals surface area contributed by atoms with Gasteiger partial charge in [0.05, 0.1) is 13.5 Å². The number of esters is 1. The Bertz CT molecular complexity index is 129. The molecule has 0 fully saturated rings. The van der Waals surface area contributed by atoms with E-state index in [9.17, 15) is 4.79 Å². The van der Waals surface area contributed by atoms with Crippen molar-refractivity contribution in [3.63, 3.8) is 0 Å². The molecule has 0 aromatic rings. The number of carbonyl (C=O) groups excluding carboxylic acids is 1. The molecule has 0 heterocycles. The van der Waals surface area contributed by atoms with Gasteiger partial charge in [0.25, 0.3) is 0 Å². The monoisotopic (exact) mass is 129 g/mol. The van der Waals surface area contributed by atoms with E-state index in [-0.39, 0.29) is 5.97 Å². The molecule has 9 heavy (non-hydrogen) atoms. The maximum atomic E-state index is 10.5. The van der Waals surface area contributed by atoms with Crippen LogP contribution >= 0.6 is 0 Å². The van der Waals surface area contributed by atoms with E-state index in [1.807, 2.05) is 0 Å². The first-order chi connectivity index (χ1) is 4.20. The number of ether oxygens (including phenoxy) is 1. The SMILES string of the molecule is C/N=C(\C)CC(=O)OC. The number of methoxy groups -OCH3 is 1. The number of hydrogen-bond donors (Lipinski definition) is 0. The Balaban J connectivity index is 3.60. The lowest BCUT2D eigenvalue weighted by Gasteiger charge is -1.95. The average Bonchev–Trinajstić information content (AvgIpc) is 1.87. The lowest BCUT2D eigenvalue weighted by atomic mass is 10.3. The van der Waals surface area contributed by atoms with Crippen LogP contribution in [0.15, 0.2) is 4.99 Å². The van der Waals surface area contributed by atoms with Gasteiger partial charge in [0.15, 0.2) is 0 Å². The van der Waals surface area contributed by atoms with Crippen LogP contribution in [0, 0.1) is 0 Å². The third-order valence-corrected chi connectivity index (χ3v) is 1.01. The van der Waals surface area contributed by atoms with Crippen molar-refractivity contribution < 1.29 is 9.53 Å². The van der Waals surface area contributed by atoms with E-state index in [1.165, 1.54) is 7.11 Å². The van der Waals surface area contributed by atoms with Gasteiger partial charge in [-0.05, 0) is 6.92 Å². The second kappa shape index (κ2) is 4.06. The number of carbonyl (C=O) groups is 1. The molecule has 0 aliphatic carbocycles. The lowest BCUT2D eigenvalue weighted by Crippen LogP contribution is -2.05. The Labute approximate surface area is 54.7 Å². The molecular formula is C6H11NO2. The Kier molecular flexibility index (Phi) is 3.67. The predicted molar refractivity (Wildman–Crippen MR) is 35.7 cm³/mol. The summed E-state index contributed by atoms with van der Waals surface area (Å²) in [5.41, 5.74) is 0.793. The Morgan fingerprint density at radius 1 is 1.67 bits per heavy atom. The summed E-state index contributed by atoms with van der Waals surface area (Å²) in [6.45, 7) is 1.79. The molecule has 3 heteroatoms. The third kappa shape index (κ3) is 3.70. The molecule has 0 rings (SSSR count). The first-order valence-electron chi connectivity index (χ1n) is 2.69. The number of hydrogen-bond acceptors (Lipinski definition) is 3. The highest BCUT2D eigenvalue weighted by Crippen LogP contribution is 1.86. The van der Waals surface area contributed by atoms with Crippen molar-refractivity contribution in [2.45, 2.75) is 13.3 Å². The molecule has 0 saturated carbocycles. The summed E-state index contributed by atoms with van der Waals surface area (Å²) >= 11 is 0. The Morgan fingerprint density at radius 3 is 2.56 bits per heavy atom. The summed E-state index contributed by atoms with van der Waals surface area (Å²) < 4.78 is 4.40. The highest BCUT2D eigenvalue weighted by Gasteiger charge is 1.99. The second-order valence-electron chi connectivity index (χ2n) is 1.71. The molecule has 0 radical (unpaired) electrons. The molecule has 0 aromatic carbocycles. The van der Waals surface area contributed by atoms with Crippen LogP contribution in [0.3, 0.4) is 0 Å². The van der Waals surface area contributed by atoms with E-state index < -0.39 is 0 Å². The van der Waals surface area contributed by atoms with E-state index in [0.29, 0.717) is 6.42 Å². The van der Waals surface area contributed by atoms with E-state index in [2.05, 4.69) is 9.73 Å².